The number of carbonyl (C=O) groups is 1. The summed E-state index contributed by atoms with van der Waals surface area (Å²) in [4.78, 5) is 18.1. The molecule has 2 aromatic rings. The van der Waals surface area contributed by atoms with Gasteiger partial charge < -0.3 is 14.7 Å². The topological polar surface area (TPSA) is 80.0 Å². The lowest BCUT2D eigenvalue weighted by molar-refractivity contribution is -0.142. The third-order valence-electron chi connectivity index (χ3n) is 3.95. The van der Waals surface area contributed by atoms with Crippen LogP contribution in [0.5, 0.6) is 0 Å². The normalized spacial score (nSPS) is 19.2. The molecular weight excluding hydrogens is 341 g/mol. The minimum atomic E-state index is -4.61. The Labute approximate surface area is 141 Å². The second kappa shape index (κ2) is 6.60. The van der Waals surface area contributed by atoms with Crippen molar-refractivity contribution >= 4 is 11.6 Å². The summed E-state index contributed by atoms with van der Waals surface area (Å²) < 4.78 is 45.5. The van der Waals surface area contributed by atoms with Gasteiger partial charge in [0.2, 0.25) is 0 Å². The molecule has 0 aliphatic carbocycles. The number of aromatic nitrogens is 3. The maximum atomic E-state index is 13.2. The summed E-state index contributed by atoms with van der Waals surface area (Å²) in [6.45, 7) is 2.45. The number of alkyl halides is 3. The average molecular weight is 358 g/mol. The van der Waals surface area contributed by atoms with Crippen LogP contribution in [0.3, 0.4) is 0 Å². The summed E-state index contributed by atoms with van der Waals surface area (Å²) in [6, 6.07) is 2.13. The zero-order valence-electron chi connectivity index (χ0n) is 13.5. The molecule has 0 aromatic carbocycles. The van der Waals surface area contributed by atoms with Crippen LogP contribution in [0.4, 0.5) is 13.2 Å². The van der Waals surface area contributed by atoms with Gasteiger partial charge in [-0.2, -0.15) is 18.3 Å². The Balaban J connectivity index is 1.97. The van der Waals surface area contributed by atoms with Crippen LogP contribution in [-0.4, -0.2) is 63.4 Å². The largest absolute Gasteiger partial charge is 0.433 e. The number of amides is 1. The monoisotopic (exact) mass is 358 g/mol. The van der Waals surface area contributed by atoms with Gasteiger partial charge in [-0.05, 0) is 13.0 Å². The highest BCUT2D eigenvalue weighted by atomic mass is 19.4. The Kier molecular flexibility index (Phi) is 4.65. The van der Waals surface area contributed by atoms with E-state index >= 15 is 0 Å². The highest BCUT2D eigenvalue weighted by Gasteiger charge is 2.35. The van der Waals surface area contributed by atoms with Crippen molar-refractivity contribution in [3.8, 4) is 0 Å². The Morgan fingerprint density at radius 1 is 1.44 bits per heavy atom. The van der Waals surface area contributed by atoms with Gasteiger partial charge in [-0.15, -0.1) is 0 Å². The fourth-order valence-electron chi connectivity index (χ4n) is 2.74. The minimum absolute atomic E-state index is 0.0412. The van der Waals surface area contributed by atoms with Crippen LogP contribution in [0.2, 0.25) is 0 Å². The van der Waals surface area contributed by atoms with Crippen molar-refractivity contribution in [2.45, 2.75) is 13.1 Å². The molecule has 0 saturated carbocycles. The zero-order chi connectivity index (χ0) is 18.2. The molecule has 2 aromatic heterocycles. The molecule has 3 rings (SSSR count). The van der Waals surface area contributed by atoms with E-state index in [0.717, 1.165) is 6.07 Å². The van der Waals surface area contributed by atoms with Crippen molar-refractivity contribution in [3.05, 3.63) is 29.2 Å². The van der Waals surface area contributed by atoms with Gasteiger partial charge in [0.05, 0.1) is 13.2 Å². The lowest BCUT2D eigenvalue weighted by Crippen LogP contribution is -2.37. The van der Waals surface area contributed by atoms with Crippen LogP contribution in [0.15, 0.2) is 12.1 Å². The Morgan fingerprint density at radius 3 is 2.88 bits per heavy atom. The predicted octanol–water partition coefficient (Wildman–Crippen LogP) is 1.14. The highest BCUT2D eigenvalue weighted by molar-refractivity contribution is 5.93. The predicted molar refractivity (Wildman–Crippen MR) is 80.0 cm³/mol. The molecule has 1 fully saturated rings. The van der Waals surface area contributed by atoms with Crippen LogP contribution in [-0.2, 0) is 10.9 Å². The molecule has 7 nitrogen and oxygen atoms in total. The van der Waals surface area contributed by atoms with E-state index in [1.54, 1.807) is 0 Å². The molecule has 1 amide bonds. The summed E-state index contributed by atoms with van der Waals surface area (Å²) in [6.07, 6.45) is -4.61. The molecule has 1 saturated heterocycles. The highest BCUT2D eigenvalue weighted by Crippen LogP contribution is 2.30. The number of ether oxygens (including phenoxy) is 1. The van der Waals surface area contributed by atoms with Gasteiger partial charge in [-0.1, -0.05) is 0 Å². The first-order chi connectivity index (χ1) is 11.8. The van der Waals surface area contributed by atoms with E-state index < -0.39 is 17.8 Å². The van der Waals surface area contributed by atoms with Crippen LogP contribution in [0.25, 0.3) is 5.65 Å². The van der Waals surface area contributed by atoms with E-state index in [2.05, 4.69) is 10.1 Å². The molecule has 1 unspecified atom stereocenters. The number of hydrogen-bond acceptors (Lipinski definition) is 5. The minimum Gasteiger partial charge on any atom is -0.396 e. The van der Waals surface area contributed by atoms with Crippen LogP contribution < -0.4 is 0 Å². The lowest BCUT2D eigenvalue weighted by atomic mass is 10.1. The third kappa shape index (κ3) is 3.59. The maximum Gasteiger partial charge on any atom is 0.433 e. The summed E-state index contributed by atoms with van der Waals surface area (Å²) >= 11 is 0. The number of rotatable bonds is 2. The first-order valence-electron chi connectivity index (χ1n) is 7.72. The number of nitrogens with zero attached hydrogens (tertiary/aromatic N) is 4. The van der Waals surface area contributed by atoms with Gasteiger partial charge in [-0.25, -0.2) is 9.50 Å². The van der Waals surface area contributed by atoms with Crippen molar-refractivity contribution in [3.63, 3.8) is 0 Å². The quantitative estimate of drug-likeness (QED) is 0.871. The van der Waals surface area contributed by atoms with Crippen LogP contribution >= 0.6 is 0 Å². The first kappa shape index (κ1) is 17.6. The van der Waals surface area contributed by atoms with Gasteiger partial charge in [-0.3, -0.25) is 4.79 Å². The van der Waals surface area contributed by atoms with Crippen molar-refractivity contribution < 1.29 is 27.8 Å². The van der Waals surface area contributed by atoms with Gasteiger partial charge in [0, 0.05) is 37.4 Å². The van der Waals surface area contributed by atoms with Crippen molar-refractivity contribution in [2.75, 3.05) is 32.9 Å². The average Bonchev–Trinajstić information content (AvgIpc) is 2.81. The number of aryl methyl sites for hydroxylation is 1. The Hall–Kier alpha value is -2.20. The number of hydrogen-bond donors (Lipinski definition) is 1. The third-order valence-corrected chi connectivity index (χ3v) is 3.95. The summed E-state index contributed by atoms with van der Waals surface area (Å²) in [7, 11) is 0. The molecule has 136 valence electrons. The number of carbonyl (C=O) groups excluding carboxylic acids is 1. The summed E-state index contributed by atoms with van der Waals surface area (Å²) in [5.41, 5.74) is -0.966. The van der Waals surface area contributed by atoms with Crippen LogP contribution in [0.1, 0.15) is 21.9 Å². The van der Waals surface area contributed by atoms with Crippen molar-refractivity contribution in [1.29, 1.82) is 0 Å². The molecule has 1 aliphatic rings. The fourth-order valence-corrected chi connectivity index (χ4v) is 2.74. The molecule has 1 atom stereocenters. The van der Waals surface area contributed by atoms with Gasteiger partial charge in [0.15, 0.2) is 11.3 Å². The van der Waals surface area contributed by atoms with Gasteiger partial charge in [0.1, 0.15) is 5.69 Å². The van der Waals surface area contributed by atoms with Crippen molar-refractivity contribution in [1.82, 2.24) is 19.5 Å². The molecular formula is C15H17F3N4O3. The first-order valence-corrected chi connectivity index (χ1v) is 7.72. The molecule has 0 bridgehead atoms. The number of fused-ring (bicyclic) bond motifs is 1. The standard InChI is InChI=1S/C15H17F3N4O3/c1-9-4-12(15(16,17)18)22-13(19-9)5-11(20-22)14(24)21-2-3-25-8-10(6-21)7-23/h4-5,10,23H,2-3,6-8H2,1H3. The van der Waals surface area contributed by atoms with E-state index in [4.69, 9.17) is 4.74 Å². The number of halogens is 3. The van der Waals surface area contributed by atoms with E-state index in [1.807, 2.05) is 0 Å². The Morgan fingerprint density at radius 2 is 2.20 bits per heavy atom. The summed E-state index contributed by atoms with van der Waals surface area (Å²) in [5.74, 6) is -0.755. The number of aliphatic hydroxyl groups excluding tert-OH is 1. The second-order valence-corrected chi connectivity index (χ2v) is 5.95. The molecule has 3 heterocycles. The summed E-state index contributed by atoms with van der Waals surface area (Å²) in [5, 5.41) is 13.1. The lowest BCUT2D eigenvalue weighted by Gasteiger charge is -2.21. The molecule has 0 radical (unpaired) electrons. The van der Waals surface area contributed by atoms with Gasteiger partial charge >= 0.3 is 6.18 Å². The smallest absolute Gasteiger partial charge is 0.396 e. The second-order valence-electron chi connectivity index (χ2n) is 5.95. The number of aliphatic hydroxyl groups is 1. The van der Waals surface area contributed by atoms with Crippen molar-refractivity contribution in [2.24, 2.45) is 5.92 Å². The van der Waals surface area contributed by atoms with E-state index in [-0.39, 0.29) is 42.6 Å². The fraction of sp³-hybridized carbons (Fsp3) is 0.533. The van der Waals surface area contributed by atoms with Gasteiger partial charge in [0.25, 0.3) is 5.91 Å². The van der Waals surface area contributed by atoms with Crippen LogP contribution in [0, 0.1) is 12.8 Å². The van der Waals surface area contributed by atoms with E-state index in [0.29, 0.717) is 17.7 Å². The molecule has 1 aliphatic heterocycles. The van der Waals surface area contributed by atoms with E-state index in [9.17, 15) is 23.1 Å². The SMILES string of the molecule is Cc1cc(C(F)(F)F)n2nc(C(=O)N3CCOCC(CO)C3)cc2n1. The molecule has 0 spiro atoms. The molecule has 10 heteroatoms. The van der Waals surface area contributed by atoms with E-state index in [1.165, 1.54) is 17.9 Å². The molecule has 25 heavy (non-hydrogen) atoms. The maximum absolute atomic E-state index is 13.2. The zero-order valence-corrected chi connectivity index (χ0v) is 13.5. The molecule has 1 N–H and O–H groups in total. The Bertz CT molecular complexity index is 790.